The molecular formula is C16H25N3O2S. The Hall–Kier alpha value is -1.14. The lowest BCUT2D eigenvalue weighted by Crippen LogP contribution is -2.46. The number of urea groups is 1. The maximum Gasteiger partial charge on any atom is 0.317 e. The number of aromatic nitrogens is 1. The number of carbonyl (C=O) groups excluding carboxylic acids is 1. The number of hydrogen-bond acceptors (Lipinski definition) is 4. The minimum Gasteiger partial charge on any atom is -0.371 e. The molecule has 1 aromatic heterocycles. The van der Waals surface area contributed by atoms with Crippen LogP contribution in [0.1, 0.15) is 50.5 Å². The van der Waals surface area contributed by atoms with Crippen molar-refractivity contribution >= 4 is 17.4 Å². The van der Waals surface area contributed by atoms with Crippen molar-refractivity contribution in [1.82, 2.24) is 15.2 Å². The van der Waals surface area contributed by atoms with Crippen molar-refractivity contribution in [2.75, 3.05) is 19.6 Å². The molecule has 22 heavy (non-hydrogen) atoms. The third kappa shape index (κ3) is 3.79. The summed E-state index contributed by atoms with van der Waals surface area (Å²) in [6.07, 6.45) is 6.13. The summed E-state index contributed by atoms with van der Waals surface area (Å²) in [6, 6.07) is 0.0471. The van der Waals surface area contributed by atoms with Gasteiger partial charge < -0.3 is 15.0 Å². The fourth-order valence-corrected chi connectivity index (χ4v) is 4.11. The van der Waals surface area contributed by atoms with E-state index in [4.69, 9.17) is 4.74 Å². The van der Waals surface area contributed by atoms with Gasteiger partial charge in [0.1, 0.15) is 0 Å². The second-order valence-corrected chi connectivity index (χ2v) is 7.78. The number of amides is 2. The molecule has 5 nitrogen and oxygen atoms in total. The SMILES string of the molecule is CC1(C)CC[C@H](CNC(=O)N2CCC(c3nccs3)CC2)O1. The number of nitrogens with zero attached hydrogens (tertiary/aromatic N) is 2. The van der Waals surface area contributed by atoms with Crippen LogP contribution in [0.25, 0.3) is 0 Å². The van der Waals surface area contributed by atoms with E-state index in [1.165, 1.54) is 5.01 Å². The van der Waals surface area contributed by atoms with Crippen molar-refractivity contribution in [3.63, 3.8) is 0 Å². The quantitative estimate of drug-likeness (QED) is 0.930. The van der Waals surface area contributed by atoms with E-state index in [1.807, 2.05) is 16.5 Å². The van der Waals surface area contributed by atoms with Gasteiger partial charge in [0.2, 0.25) is 0 Å². The molecule has 2 amide bonds. The topological polar surface area (TPSA) is 54.5 Å². The first-order valence-corrected chi connectivity index (χ1v) is 9.01. The van der Waals surface area contributed by atoms with Gasteiger partial charge in [-0.1, -0.05) is 0 Å². The molecule has 0 bridgehead atoms. The highest BCUT2D eigenvalue weighted by Gasteiger charge is 2.32. The molecule has 2 aliphatic heterocycles. The number of likely N-dealkylation sites (tertiary alicyclic amines) is 1. The largest absolute Gasteiger partial charge is 0.371 e. The molecule has 0 radical (unpaired) electrons. The molecule has 0 unspecified atom stereocenters. The summed E-state index contributed by atoms with van der Waals surface area (Å²) in [4.78, 5) is 18.6. The van der Waals surface area contributed by atoms with Gasteiger partial charge in [-0.05, 0) is 39.5 Å². The summed E-state index contributed by atoms with van der Waals surface area (Å²) >= 11 is 1.72. The van der Waals surface area contributed by atoms with Crippen LogP contribution in [0.3, 0.4) is 0 Å². The number of rotatable bonds is 3. The first-order chi connectivity index (χ1) is 10.5. The Kier molecular flexibility index (Phi) is 4.68. The molecule has 1 aromatic rings. The van der Waals surface area contributed by atoms with Crippen LogP contribution in [0, 0.1) is 0 Å². The highest BCUT2D eigenvalue weighted by Crippen LogP contribution is 2.30. The second kappa shape index (κ2) is 6.54. The van der Waals surface area contributed by atoms with Crippen molar-refractivity contribution in [3.8, 4) is 0 Å². The summed E-state index contributed by atoms with van der Waals surface area (Å²) in [6.45, 7) is 6.46. The van der Waals surface area contributed by atoms with Crippen molar-refractivity contribution in [2.24, 2.45) is 0 Å². The lowest BCUT2D eigenvalue weighted by Gasteiger charge is -2.31. The van der Waals surface area contributed by atoms with Gasteiger partial charge in [-0.2, -0.15) is 0 Å². The Labute approximate surface area is 136 Å². The van der Waals surface area contributed by atoms with Gasteiger partial charge in [-0.25, -0.2) is 9.78 Å². The molecule has 2 fully saturated rings. The monoisotopic (exact) mass is 323 g/mol. The van der Waals surface area contributed by atoms with Crippen LogP contribution >= 0.6 is 11.3 Å². The van der Waals surface area contributed by atoms with Crippen molar-refractivity contribution in [2.45, 2.75) is 57.2 Å². The maximum atomic E-state index is 12.3. The molecule has 3 heterocycles. The highest BCUT2D eigenvalue weighted by atomic mass is 32.1. The van der Waals surface area contributed by atoms with Gasteiger partial charge in [0.15, 0.2) is 0 Å². The Morgan fingerprint density at radius 3 is 2.82 bits per heavy atom. The Bertz CT molecular complexity index is 495. The van der Waals surface area contributed by atoms with E-state index in [2.05, 4.69) is 24.1 Å². The van der Waals surface area contributed by atoms with Crippen LogP contribution < -0.4 is 5.32 Å². The van der Waals surface area contributed by atoms with Gasteiger partial charge in [0.05, 0.1) is 16.7 Å². The smallest absolute Gasteiger partial charge is 0.317 e. The van der Waals surface area contributed by atoms with E-state index in [0.29, 0.717) is 12.5 Å². The zero-order valence-electron chi connectivity index (χ0n) is 13.4. The standard InChI is InChI=1S/C16H25N3O2S/c1-16(2)6-3-13(21-16)11-18-15(20)19-8-4-12(5-9-19)14-17-7-10-22-14/h7,10,12-13H,3-6,8-9,11H2,1-2H3,(H,18,20)/t13-/m1/s1. The number of thiazole rings is 1. The highest BCUT2D eigenvalue weighted by molar-refractivity contribution is 7.09. The third-order valence-electron chi connectivity index (χ3n) is 4.62. The zero-order chi connectivity index (χ0) is 15.6. The summed E-state index contributed by atoms with van der Waals surface area (Å²) < 4.78 is 5.91. The third-order valence-corrected chi connectivity index (χ3v) is 5.56. The Balaban J connectivity index is 1.41. The van der Waals surface area contributed by atoms with E-state index in [0.717, 1.165) is 38.8 Å². The van der Waals surface area contributed by atoms with Crippen molar-refractivity contribution < 1.29 is 9.53 Å². The van der Waals surface area contributed by atoms with Crippen LogP contribution in [-0.4, -0.2) is 47.3 Å². The van der Waals surface area contributed by atoms with Crippen molar-refractivity contribution in [3.05, 3.63) is 16.6 Å². The van der Waals surface area contributed by atoms with Crippen LogP contribution in [0.4, 0.5) is 4.79 Å². The van der Waals surface area contributed by atoms with Crippen LogP contribution in [0.2, 0.25) is 0 Å². The number of ether oxygens (including phenoxy) is 1. The summed E-state index contributed by atoms with van der Waals surface area (Å²) in [5.74, 6) is 0.517. The molecule has 0 aromatic carbocycles. The first kappa shape index (κ1) is 15.7. The lowest BCUT2D eigenvalue weighted by atomic mass is 9.98. The normalized spacial score (nSPS) is 25.4. The van der Waals surface area contributed by atoms with Gasteiger partial charge in [0, 0.05) is 37.1 Å². The lowest BCUT2D eigenvalue weighted by molar-refractivity contribution is -0.0136. The average Bonchev–Trinajstić information content (AvgIpc) is 3.14. The number of carbonyl (C=O) groups is 1. The molecule has 0 spiro atoms. The molecule has 6 heteroatoms. The van der Waals surface area contributed by atoms with Crippen LogP contribution in [-0.2, 0) is 4.74 Å². The van der Waals surface area contributed by atoms with Crippen LogP contribution in [0.15, 0.2) is 11.6 Å². The maximum absolute atomic E-state index is 12.3. The van der Waals surface area contributed by atoms with E-state index in [-0.39, 0.29) is 17.7 Å². The fourth-order valence-electron chi connectivity index (χ4n) is 3.30. The molecule has 1 N–H and O–H groups in total. The molecule has 0 saturated carbocycles. The average molecular weight is 323 g/mol. The number of piperidine rings is 1. The van der Waals surface area contributed by atoms with E-state index in [9.17, 15) is 4.79 Å². The summed E-state index contributed by atoms with van der Waals surface area (Å²) in [5, 5.41) is 6.27. The minimum absolute atomic E-state index is 0.0402. The minimum atomic E-state index is -0.0402. The molecule has 1 atom stereocenters. The predicted molar refractivity (Wildman–Crippen MR) is 87.2 cm³/mol. The number of nitrogens with one attached hydrogen (secondary N) is 1. The molecular weight excluding hydrogens is 298 g/mol. The predicted octanol–water partition coefficient (Wildman–Crippen LogP) is 2.99. The Morgan fingerprint density at radius 2 is 2.23 bits per heavy atom. The van der Waals surface area contributed by atoms with Gasteiger partial charge in [0.25, 0.3) is 0 Å². The van der Waals surface area contributed by atoms with E-state index < -0.39 is 0 Å². The fraction of sp³-hybridized carbons (Fsp3) is 0.750. The molecule has 0 aliphatic carbocycles. The first-order valence-electron chi connectivity index (χ1n) is 8.13. The molecule has 2 saturated heterocycles. The van der Waals surface area contributed by atoms with Gasteiger partial charge >= 0.3 is 6.03 Å². The summed E-state index contributed by atoms with van der Waals surface area (Å²) in [5.41, 5.74) is -0.0402. The second-order valence-electron chi connectivity index (χ2n) is 6.86. The number of hydrogen-bond donors (Lipinski definition) is 1. The molecule has 2 aliphatic rings. The molecule has 3 rings (SSSR count). The van der Waals surface area contributed by atoms with Crippen molar-refractivity contribution in [1.29, 1.82) is 0 Å². The Morgan fingerprint density at radius 1 is 1.45 bits per heavy atom. The summed E-state index contributed by atoms with van der Waals surface area (Å²) in [7, 11) is 0. The van der Waals surface area contributed by atoms with Crippen LogP contribution in [0.5, 0.6) is 0 Å². The van der Waals surface area contributed by atoms with E-state index >= 15 is 0 Å². The van der Waals surface area contributed by atoms with Gasteiger partial charge in [-0.3, -0.25) is 0 Å². The van der Waals surface area contributed by atoms with Gasteiger partial charge in [-0.15, -0.1) is 11.3 Å². The molecule has 122 valence electrons. The van der Waals surface area contributed by atoms with E-state index in [1.54, 1.807) is 11.3 Å². The zero-order valence-corrected chi connectivity index (χ0v) is 14.2.